The molecule has 23 heavy (non-hydrogen) atoms. The lowest BCUT2D eigenvalue weighted by molar-refractivity contribution is 0.768. The Hall–Kier alpha value is -3.28. The molecule has 0 bridgehead atoms. The lowest BCUT2D eigenvalue weighted by atomic mass is 10.1. The van der Waals surface area contributed by atoms with Crippen LogP contribution in [0.1, 0.15) is 0 Å². The van der Waals surface area contributed by atoms with Gasteiger partial charge in [0, 0.05) is 54.1 Å². The molecule has 0 aliphatic rings. The number of benzene rings is 1. The molecule has 1 N–H and O–H groups in total. The van der Waals surface area contributed by atoms with Gasteiger partial charge in [0.05, 0.1) is 12.4 Å². The minimum Gasteiger partial charge on any atom is -0.285 e. The van der Waals surface area contributed by atoms with Gasteiger partial charge in [0.15, 0.2) is 5.82 Å². The van der Waals surface area contributed by atoms with Crippen LogP contribution in [0.3, 0.4) is 0 Å². The van der Waals surface area contributed by atoms with Crippen LogP contribution in [0.25, 0.3) is 33.6 Å². The molecule has 1 aromatic carbocycles. The van der Waals surface area contributed by atoms with E-state index in [1.165, 1.54) is 0 Å². The largest absolute Gasteiger partial charge is 0.285 e. The summed E-state index contributed by atoms with van der Waals surface area (Å²) in [6.07, 6.45) is 11.0. The predicted molar refractivity (Wildman–Crippen MR) is 87.3 cm³/mol. The number of aromatic amines is 1. The Morgan fingerprint density at radius 1 is 0.870 bits per heavy atom. The highest BCUT2D eigenvalue weighted by atomic mass is 15.2. The van der Waals surface area contributed by atoms with Crippen LogP contribution in [-0.4, -0.2) is 29.9 Å². The summed E-state index contributed by atoms with van der Waals surface area (Å²) in [7, 11) is 1.91. The van der Waals surface area contributed by atoms with E-state index in [4.69, 9.17) is 0 Å². The molecule has 0 unspecified atom stereocenters. The van der Waals surface area contributed by atoms with Crippen LogP contribution in [0, 0.1) is 0 Å². The Labute approximate surface area is 132 Å². The molecule has 0 atom stereocenters. The van der Waals surface area contributed by atoms with Crippen molar-refractivity contribution < 1.29 is 0 Å². The molecule has 0 amide bonds. The predicted octanol–water partition coefficient (Wildman–Crippen LogP) is 2.93. The highest BCUT2D eigenvalue weighted by Crippen LogP contribution is 2.25. The van der Waals surface area contributed by atoms with Crippen LogP contribution in [-0.2, 0) is 7.05 Å². The Kier molecular flexibility index (Phi) is 3.20. The zero-order valence-electron chi connectivity index (χ0n) is 12.5. The maximum Gasteiger partial charge on any atom is 0.159 e. The zero-order valence-corrected chi connectivity index (χ0v) is 12.5. The Morgan fingerprint density at radius 3 is 2.39 bits per heavy atom. The van der Waals surface area contributed by atoms with Crippen molar-refractivity contribution in [3.05, 3.63) is 61.4 Å². The lowest BCUT2D eigenvalue weighted by Gasteiger charge is -2.04. The van der Waals surface area contributed by atoms with Crippen LogP contribution >= 0.6 is 0 Å². The van der Waals surface area contributed by atoms with Gasteiger partial charge in [-0.15, -0.1) is 0 Å². The molecule has 0 aliphatic heterocycles. The SMILES string of the molecule is Cn1cc(-c2cccc(-c3ncc(-c4cn[nH]c4)cn3)c2)cn1. The molecule has 3 aromatic heterocycles. The highest BCUT2D eigenvalue weighted by molar-refractivity contribution is 5.70. The average Bonchev–Trinajstić information content (AvgIpc) is 3.27. The molecule has 0 saturated carbocycles. The normalized spacial score (nSPS) is 10.8. The number of hydrogen-bond acceptors (Lipinski definition) is 4. The summed E-state index contributed by atoms with van der Waals surface area (Å²) in [6.45, 7) is 0. The second kappa shape index (κ2) is 5.49. The van der Waals surface area contributed by atoms with E-state index in [0.717, 1.165) is 27.8 Å². The van der Waals surface area contributed by atoms with E-state index >= 15 is 0 Å². The van der Waals surface area contributed by atoms with Gasteiger partial charge in [0.25, 0.3) is 0 Å². The number of nitrogens with one attached hydrogen (secondary N) is 1. The van der Waals surface area contributed by atoms with Gasteiger partial charge in [-0.3, -0.25) is 9.78 Å². The number of aromatic nitrogens is 6. The molecule has 6 nitrogen and oxygen atoms in total. The molecule has 0 fully saturated rings. The highest BCUT2D eigenvalue weighted by Gasteiger charge is 2.06. The van der Waals surface area contributed by atoms with Crippen LogP contribution in [0.4, 0.5) is 0 Å². The third kappa shape index (κ3) is 2.62. The number of aryl methyl sites for hydroxylation is 1. The topological polar surface area (TPSA) is 72.3 Å². The van der Waals surface area contributed by atoms with Crippen LogP contribution < -0.4 is 0 Å². The van der Waals surface area contributed by atoms with Gasteiger partial charge in [-0.2, -0.15) is 10.2 Å². The van der Waals surface area contributed by atoms with Gasteiger partial charge in [-0.25, -0.2) is 9.97 Å². The number of nitrogens with zero attached hydrogens (tertiary/aromatic N) is 5. The lowest BCUT2D eigenvalue weighted by Crippen LogP contribution is -1.90. The van der Waals surface area contributed by atoms with Crippen molar-refractivity contribution in [2.75, 3.05) is 0 Å². The van der Waals surface area contributed by atoms with Gasteiger partial charge in [-0.05, 0) is 11.6 Å². The summed E-state index contributed by atoms with van der Waals surface area (Å²) in [5.41, 5.74) is 5.05. The molecule has 4 aromatic rings. The maximum atomic E-state index is 4.47. The first-order chi connectivity index (χ1) is 11.3. The van der Waals surface area contributed by atoms with Gasteiger partial charge in [-0.1, -0.05) is 18.2 Å². The van der Waals surface area contributed by atoms with E-state index in [0.29, 0.717) is 5.82 Å². The van der Waals surface area contributed by atoms with Crippen molar-refractivity contribution in [3.63, 3.8) is 0 Å². The fourth-order valence-corrected chi connectivity index (χ4v) is 2.44. The molecule has 0 aliphatic carbocycles. The first-order valence-corrected chi connectivity index (χ1v) is 7.20. The van der Waals surface area contributed by atoms with E-state index in [9.17, 15) is 0 Å². The second-order valence-electron chi connectivity index (χ2n) is 5.27. The Morgan fingerprint density at radius 2 is 1.70 bits per heavy atom. The Bertz CT molecular complexity index is 922. The van der Waals surface area contributed by atoms with Gasteiger partial charge in [0.1, 0.15) is 0 Å². The molecule has 112 valence electrons. The summed E-state index contributed by atoms with van der Waals surface area (Å²) in [5.74, 6) is 0.697. The van der Waals surface area contributed by atoms with Crippen molar-refractivity contribution >= 4 is 0 Å². The molecule has 4 rings (SSSR count). The van der Waals surface area contributed by atoms with E-state index in [-0.39, 0.29) is 0 Å². The van der Waals surface area contributed by atoms with Crippen LogP contribution in [0.2, 0.25) is 0 Å². The number of hydrogen-bond donors (Lipinski definition) is 1. The summed E-state index contributed by atoms with van der Waals surface area (Å²) in [4.78, 5) is 8.94. The van der Waals surface area contributed by atoms with E-state index in [1.54, 1.807) is 10.9 Å². The third-order valence-corrected chi connectivity index (χ3v) is 3.64. The molecular weight excluding hydrogens is 288 g/mol. The van der Waals surface area contributed by atoms with Crippen molar-refractivity contribution in [3.8, 4) is 33.6 Å². The van der Waals surface area contributed by atoms with E-state index < -0.39 is 0 Å². The monoisotopic (exact) mass is 302 g/mol. The molecular formula is C17H14N6. The van der Waals surface area contributed by atoms with Crippen molar-refractivity contribution in [1.82, 2.24) is 29.9 Å². The molecule has 0 radical (unpaired) electrons. The third-order valence-electron chi connectivity index (χ3n) is 3.64. The quantitative estimate of drug-likeness (QED) is 0.631. The fourth-order valence-electron chi connectivity index (χ4n) is 2.44. The summed E-state index contributed by atoms with van der Waals surface area (Å²) in [5, 5.41) is 10.9. The van der Waals surface area contributed by atoms with Crippen molar-refractivity contribution in [2.45, 2.75) is 0 Å². The summed E-state index contributed by atoms with van der Waals surface area (Å²) < 4.78 is 1.79. The van der Waals surface area contributed by atoms with Crippen LogP contribution in [0.15, 0.2) is 61.4 Å². The van der Waals surface area contributed by atoms with Crippen LogP contribution in [0.5, 0.6) is 0 Å². The average molecular weight is 302 g/mol. The molecule has 0 spiro atoms. The van der Waals surface area contributed by atoms with E-state index in [2.05, 4.69) is 37.4 Å². The molecule has 0 saturated heterocycles. The first-order valence-electron chi connectivity index (χ1n) is 7.20. The van der Waals surface area contributed by atoms with Gasteiger partial charge >= 0.3 is 0 Å². The van der Waals surface area contributed by atoms with Gasteiger partial charge < -0.3 is 0 Å². The van der Waals surface area contributed by atoms with Crippen molar-refractivity contribution in [1.29, 1.82) is 0 Å². The summed E-state index contributed by atoms with van der Waals surface area (Å²) in [6, 6.07) is 8.14. The van der Waals surface area contributed by atoms with Crippen molar-refractivity contribution in [2.24, 2.45) is 7.05 Å². The first kappa shape index (κ1) is 13.4. The zero-order chi connectivity index (χ0) is 15.6. The smallest absolute Gasteiger partial charge is 0.159 e. The minimum atomic E-state index is 0.697. The number of H-pyrrole nitrogens is 1. The molecule has 3 heterocycles. The second-order valence-corrected chi connectivity index (χ2v) is 5.27. The minimum absolute atomic E-state index is 0.697. The fraction of sp³-hybridized carbons (Fsp3) is 0.0588. The Balaban J connectivity index is 1.68. The summed E-state index contributed by atoms with van der Waals surface area (Å²) >= 11 is 0. The maximum absolute atomic E-state index is 4.47. The molecule has 6 heteroatoms. The van der Waals surface area contributed by atoms with E-state index in [1.807, 2.05) is 50.2 Å². The standard InChI is InChI=1S/C17H14N6/c1-23-11-16(10-22-23)12-3-2-4-13(5-12)17-18-6-14(7-19-17)15-8-20-21-9-15/h2-11H,1H3,(H,20,21). The number of rotatable bonds is 3. The van der Waals surface area contributed by atoms with Gasteiger partial charge in [0.2, 0.25) is 0 Å².